The lowest BCUT2D eigenvalue weighted by atomic mass is 10.2. The van der Waals surface area contributed by atoms with E-state index in [1.807, 2.05) is 28.9 Å². The Morgan fingerprint density at radius 3 is 2.48 bits per heavy atom. The minimum atomic E-state index is -0.176. The summed E-state index contributed by atoms with van der Waals surface area (Å²) in [5.74, 6) is 0. The van der Waals surface area contributed by atoms with E-state index >= 15 is 0 Å². The van der Waals surface area contributed by atoms with Crippen molar-refractivity contribution in [1.82, 2.24) is 9.36 Å². The molecular weight excluding hydrogens is 290 g/mol. The van der Waals surface area contributed by atoms with E-state index in [4.69, 9.17) is 22.1 Å². The van der Waals surface area contributed by atoms with E-state index in [2.05, 4.69) is 6.92 Å². The SMILES string of the molecule is CCCn1c(COC)c(N)c(=O)n1Cc1ccc(Cl)cc1. The van der Waals surface area contributed by atoms with Crippen LogP contribution in [-0.2, 0) is 24.4 Å². The van der Waals surface area contributed by atoms with Gasteiger partial charge in [-0.25, -0.2) is 4.68 Å². The number of hydrogen-bond donors (Lipinski definition) is 1. The molecule has 1 aromatic heterocycles. The van der Waals surface area contributed by atoms with Gasteiger partial charge < -0.3 is 10.5 Å². The van der Waals surface area contributed by atoms with Crippen molar-refractivity contribution in [1.29, 1.82) is 0 Å². The third kappa shape index (κ3) is 3.31. The van der Waals surface area contributed by atoms with Gasteiger partial charge in [0.1, 0.15) is 5.69 Å². The first-order chi connectivity index (χ1) is 10.1. The molecule has 0 aliphatic carbocycles. The van der Waals surface area contributed by atoms with Crippen LogP contribution in [0.1, 0.15) is 24.6 Å². The molecule has 1 aromatic carbocycles. The minimum Gasteiger partial charge on any atom is -0.393 e. The molecule has 0 saturated heterocycles. The summed E-state index contributed by atoms with van der Waals surface area (Å²) in [6.45, 7) is 3.57. The maximum absolute atomic E-state index is 12.4. The summed E-state index contributed by atoms with van der Waals surface area (Å²) in [4.78, 5) is 12.4. The number of benzene rings is 1. The van der Waals surface area contributed by atoms with Gasteiger partial charge in [0.25, 0.3) is 5.56 Å². The lowest BCUT2D eigenvalue weighted by Gasteiger charge is -2.14. The van der Waals surface area contributed by atoms with Crippen LogP contribution in [0.2, 0.25) is 5.02 Å². The third-order valence-corrected chi connectivity index (χ3v) is 3.59. The zero-order valence-corrected chi connectivity index (χ0v) is 13.1. The van der Waals surface area contributed by atoms with Gasteiger partial charge in [-0.2, -0.15) is 0 Å². The van der Waals surface area contributed by atoms with Gasteiger partial charge in [-0.05, 0) is 24.1 Å². The fourth-order valence-corrected chi connectivity index (χ4v) is 2.46. The Kier molecular flexibility index (Phi) is 5.09. The maximum atomic E-state index is 12.4. The van der Waals surface area contributed by atoms with E-state index in [-0.39, 0.29) is 11.2 Å². The van der Waals surface area contributed by atoms with Gasteiger partial charge in [-0.1, -0.05) is 30.7 Å². The molecule has 5 nitrogen and oxygen atoms in total. The molecule has 21 heavy (non-hydrogen) atoms. The van der Waals surface area contributed by atoms with E-state index in [9.17, 15) is 4.79 Å². The molecule has 0 fully saturated rings. The number of aromatic nitrogens is 2. The predicted octanol–water partition coefficient (Wildman–Crippen LogP) is 2.49. The van der Waals surface area contributed by atoms with Crippen molar-refractivity contribution in [3.05, 3.63) is 50.9 Å². The second kappa shape index (κ2) is 6.83. The molecule has 0 saturated carbocycles. The minimum absolute atomic E-state index is 0.176. The monoisotopic (exact) mass is 309 g/mol. The van der Waals surface area contributed by atoms with Gasteiger partial charge in [-0.3, -0.25) is 9.48 Å². The average Bonchev–Trinajstić information content (AvgIpc) is 2.68. The van der Waals surface area contributed by atoms with E-state index < -0.39 is 0 Å². The third-order valence-electron chi connectivity index (χ3n) is 3.34. The van der Waals surface area contributed by atoms with E-state index in [1.54, 1.807) is 11.8 Å². The van der Waals surface area contributed by atoms with E-state index in [1.165, 1.54) is 0 Å². The molecule has 2 aromatic rings. The highest BCUT2D eigenvalue weighted by molar-refractivity contribution is 6.30. The Bertz CT molecular complexity index is 659. The zero-order chi connectivity index (χ0) is 15.4. The molecule has 6 heteroatoms. The van der Waals surface area contributed by atoms with Gasteiger partial charge >= 0.3 is 0 Å². The van der Waals surface area contributed by atoms with Crippen molar-refractivity contribution in [3.63, 3.8) is 0 Å². The average molecular weight is 310 g/mol. The van der Waals surface area contributed by atoms with Crippen molar-refractivity contribution in [2.45, 2.75) is 33.0 Å². The summed E-state index contributed by atoms with van der Waals surface area (Å²) in [5.41, 5.74) is 7.77. The number of nitrogen functional groups attached to an aromatic ring is 1. The number of methoxy groups -OCH3 is 1. The van der Waals surface area contributed by atoms with Crippen LogP contribution in [0.5, 0.6) is 0 Å². The van der Waals surface area contributed by atoms with Crippen molar-refractivity contribution < 1.29 is 4.74 Å². The number of nitrogens with zero attached hydrogens (tertiary/aromatic N) is 2. The Morgan fingerprint density at radius 1 is 1.24 bits per heavy atom. The lowest BCUT2D eigenvalue weighted by Crippen LogP contribution is -2.25. The highest BCUT2D eigenvalue weighted by Crippen LogP contribution is 2.14. The van der Waals surface area contributed by atoms with Crippen molar-refractivity contribution in [3.8, 4) is 0 Å². The Balaban J connectivity index is 2.44. The molecule has 2 rings (SSSR count). The molecule has 0 aliphatic heterocycles. The highest BCUT2D eigenvalue weighted by Gasteiger charge is 2.17. The van der Waals surface area contributed by atoms with Crippen LogP contribution in [0.3, 0.4) is 0 Å². The molecule has 2 N–H and O–H groups in total. The largest absolute Gasteiger partial charge is 0.393 e. The van der Waals surface area contributed by atoms with E-state index in [0.29, 0.717) is 18.2 Å². The van der Waals surface area contributed by atoms with E-state index in [0.717, 1.165) is 24.2 Å². The molecule has 0 bridgehead atoms. The van der Waals surface area contributed by atoms with Crippen molar-refractivity contribution in [2.24, 2.45) is 0 Å². The fourth-order valence-electron chi connectivity index (χ4n) is 2.33. The number of nitrogens with two attached hydrogens (primary N) is 1. The van der Waals surface area contributed by atoms with Gasteiger partial charge in [0, 0.05) is 18.7 Å². The van der Waals surface area contributed by atoms with Crippen LogP contribution in [0.4, 0.5) is 5.69 Å². The maximum Gasteiger partial charge on any atom is 0.290 e. The van der Waals surface area contributed by atoms with Crippen LogP contribution in [0, 0.1) is 0 Å². The second-order valence-corrected chi connectivity index (χ2v) is 5.34. The fraction of sp³-hybridized carbons (Fsp3) is 0.400. The van der Waals surface area contributed by atoms with Crippen LogP contribution in [0.15, 0.2) is 29.1 Å². The normalized spacial score (nSPS) is 11.0. The summed E-state index contributed by atoms with van der Waals surface area (Å²) < 4.78 is 8.74. The Hall–Kier alpha value is -1.72. The summed E-state index contributed by atoms with van der Waals surface area (Å²) in [6, 6.07) is 7.44. The van der Waals surface area contributed by atoms with Crippen LogP contribution < -0.4 is 11.3 Å². The smallest absolute Gasteiger partial charge is 0.290 e. The first kappa shape index (κ1) is 15.7. The first-order valence-electron chi connectivity index (χ1n) is 6.89. The number of halogens is 1. The van der Waals surface area contributed by atoms with Crippen molar-refractivity contribution >= 4 is 17.3 Å². The number of hydrogen-bond acceptors (Lipinski definition) is 3. The highest BCUT2D eigenvalue weighted by atomic mass is 35.5. The Labute approximate surface area is 128 Å². The molecule has 1 heterocycles. The number of ether oxygens (including phenoxy) is 1. The summed E-state index contributed by atoms with van der Waals surface area (Å²) in [6.07, 6.45) is 0.908. The molecular formula is C15H20ClN3O2. The molecule has 0 aliphatic rings. The molecule has 0 radical (unpaired) electrons. The first-order valence-corrected chi connectivity index (χ1v) is 7.27. The van der Waals surface area contributed by atoms with Crippen molar-refractivity contribution in [2.75, 3.05) is 12.8 Å². The lowest BCUT2D eigenvalue weighted by molar-refractivity contribution is 0.175. The molecule has 0 atom stereocenters. The number of anilines is 1. The standard InChI is InChI=1S/C15H20ClN3O2/c1-3-8-18-13(10-21-2)14(17)15(20)19(18)9-11-4-6-12(16)7-5-11/h4-7H,3,8-10,17H2,1-2H3. The van der Waals surface area contributed by atoms with Crippen LogP contribution >= 0.6 is 11.6 Å². The summed E-state index contributed by atoms with van der Waals surface area (Å²) in [7, 11) is 1.59. The topological polar surface area (TPSA) is 62.2 Å². The van der Waals surface area contributed by atoms with Crippen LogP contribution in [-0.4, -0.2) is 16.5 Å². The molecule has 0 unspecified atom stereocenters. The second-order valence-electron chi connectivity index (χ2n) is 4.91. The summed E-state index contributed by atoms with van der Waals surface area (Å²) in [5, 5.41) is 0.676. The molecule has 0 amide bonds. The van der Waals surface area contributed by atoms with Gasteiger partial charge in [-0.15, -0.1) is 0 Å². The number of rotatable bonds is 6. The van der Waals surface area contributed by atoms with Gasteiger partial charge in [0.2, 0.25) is 0 Å². The summed E-state index contributed by atoms with van der Waals surface area (Å²) >= 11 is 5.89. The predicted molar refractivity (Wildman–Crippen MR) is 84.7 cm³/mol. The van der Waals surface area contributed by atoms with Gasteiger partial charge in [0.05, 0.1) is 18.8 Å². The quantitative estimate of drug-likeness (QED) is 0.891. The molecule has 0 spiro atoms. The molecule has 114 valence electrons. The van der Waals surface area contributed by atoms with Crippen LogP contribution in [0.25, 0.3) is 0 Å². The Morgan fingerprint density at radius 2 is 1.90 bits per heavy atom. The zero-order valence-electron chi connectivity index (χ0n) is 12.3. The van der Waals surface area contributed by atoms with Gasteiger partial charge in [0.15, 0.2) is 0 Å².